The maximum absolute atomic E-state index is 12.2. The maximum atomic E-state index is 12.2. The van der Waals surface area contributed by atoms with Crippen LogP contribution in [0.4, 0.5) is 0 Å². The zero-order chi connectivity index (χ0) is 18.4. The highest BCUT2D eigenvalue weighted by Gasteiger charge is 2.16. The van der Waals surface area contributed by atoms with Gasteiger partial charge in [-0.25, -0.2) is 0 Å². The van der Waals surface area contributed by atoms with Gasteiger partial charge >= 0.3 is 0 Å². The lowest BCUT2D eigenvalue weighted by Gasteiger charge is -2.14. The van der Waals surface area contributed by atoms with Gasteiger partial charge in [-0.3, -0.25) is 20.4 Å². The Morgan fingerprint density at radius 3 is 2.08 bits per heavy atom. The summed E-state index contributed by atoms with van der Waals surface area (Å²) in [6, 6.07) is 14.5. The van der Waals surface area contributed by atoms with E-state index in [1.807, 2.05) is 24.3 Å². The molecule has 0 aliphatic rings. The third kappa shape index (κ3) is 5.61. The van der Waals surface area contributed by atoms with Crippen molar-refractivity contribution in [1.82, 2.24) is 10.9 Å². The minimum Gasteiger partial charge on any atom is -0.273 e. The molecule has 0 bridgehead atoms. The van der Waals surface area contributed by atoms with Crippen LogP contribution >= 0.6 is 11.6 Å². The van der Waals surface area contributed by atoms with Gasteiger partial charge in [0.25, 0.3) is 5.91 Å². The molecule has 4 nitrogen and oxygen atoms in total. The molecule has 1 unspecified atom stereocenters. The Bertz CT molecular complexity index is 724. The molecule has 0 saturated heterocycles. The van der Waals surface area contributed by atoms with Gasteiger partial charge in [0, 0.05) is 10.6 Å². The summed E-state index contributed by atoms with van der Waals surface area (Å²) in [6.07, 6.45) is 1.01. The van der Waals surface area contributed by atoms with E-state index in [0.29, 0.717) is 16.5 Å². The Morgan fingerprint density at radius 1 is 0.920 bits per heavy atom. The van der Waals surface area contributed by atoms with E-state index in [9.17, 15) is 9.59 Å². The van der Waals surface area contributed by atoms with Crippen molar-refractivity contribution in [2.24, 2.45) is 5.92 Å². The molecule has 1 atom stereocenters. The van der Waals surface area contributed by atoms with Gasteiger partial charge in [0.2, 0.25) is 5.91 Å². The van der Waals surface area contributed by atoms with Gasteiger partial charge in [-0.05, 0) is 54.7 Å². The van der Waals surface area contributed by atoms with Crippen LogP contribution in [0.25, 0.3) is 0 Å². The minimum atomic E-state index is -0.385. The number of hydrogen-bond donors (Lipinski definition) is 2. The van der Waals surface area contributed by atoms with Crippen LogP contribution in [0.1, 0.15) is 48.2 Å². The quantitative estimate of drug-likeness (QED) is 0.790. The second-order valence-corrected chi connectivity index (χ2v) is 6.95. The Hall–Kier alpha value is -2.33. The van der Waals surface area contributed by atoms with Crippen LogP contribution in [0.2, 0.25) is 5.02 Å². The average molecular weight is 359 g/mol. The summed E-state index contributed by atoms with van der Waals surface area (Å²) in [5.74, 6) is -0.420. The fourth-order valence-electron chi connectivity index (χ4n) is 2.47. The molecule has 132 valence electrons. The SMILES string of the molecule is CC(C)Cc1ccc(C(C)C(=O)NNC(=O)c2ccc(Cl)cc2)cc1. The van der Waals surface area contributed by atoms with Crippen molar-refractivity contribution in [3.63, 3.8) is 0 Å². The molecular weight excluding hydrogens is 336 g/mol. The number of carbonyl (C=O) groups is 2. The second kappa shape index (κ2) is 8.67. The highest BCUT2D eigenvalue weighted by Crippen LogP contribution is 2.17. The van der Waals surface area contributed by atoms with Gasteiger partial charge in [0.15, 0.2) is 0 Å². The van der Waals surface area contributed by atoms with Crippen LogP contribution in [0.3, 0.4) is 0 Å². The molecule has 0 radical (unpaired) electrons. The monoisotopic (exact) mass is 358 g/mol. The van der Waals surface area contributed by atoms with E-state index in [1.165, 1.54) is 5.56 Å². The lowest BCUT2D eigenvalue weighted by molar-refractivity contribution is -0.123. The van der Waals surface area contributed by atoms with Crippen molar-refractivity contribution in [2.75, 3.05) is 0 Å². The Balaban J connectivity index is 1.91. The van der Waals surface area contributed by atoms with Gasteiger partial charge in [-0.2, -0.15) is 0 Å². The largest absolute Gasteiger partial charge is 0.273 e. The number of benzene rings is 2. The lowest BCUT2D eigenvalue weighted by atomic mass is 9.96. The second-order valence-electron chi connectivity index (χ2n) is 6.51. The Morgan fingerprint density at radius 2 is 1.52 bits per heavy atom. The summed E-state index contributed by atoms with van der Waals surface area (Å²) in [4.78, 5) is 24.2. The van der Waals surface area contributed by atoms with E-state index < -0.39 is 0 Å². The van der Waals surface area contributed by atoms with Crippen molar-refractivity contribution in [1.29, 1.82) is 0 Å². The molecule has 2 aromatic rings. The molecule has 0 fully saturated rings. The molecule has 0 aliphatic heterocycles. The number of hydrazine groups is 1. The third-order valence-corrected chi connectivity index (χ3v) is 4.17. The van der Waals surface area contributed by atoms with Crippen LogP contribution in [-0.4, -0.2) is 11.8 Å². The maximum Gasteiger partial charge on any atom is 0.269 e. The van der Waals surface area contributed by atoms with Crippen LogP contribution < -0.4 is 10.9 Å². The molecule has 2 aromatic carbocycles. The first-order chi connectivity index (χ1) is 11.9. The first kappa shape index (κ1) is 19.0. The molecule has 0 spiro atoms. The van der Waals surface area contributed by atoms with Crippen LogP contribution in [0.5, 0.6) is 0 Å². The van der Waals surface area contributed by atoms with Gasteiger partial charge < -0.3 is 0 Å². The van der Waals surface area contributed by atoms with Crippen molar-refractivity contribution in [3.05, 3.63) is 70.2 Å². The summed E-state index contributed by atoms with van der Waals surface area (Å²) in [6.45, 7) is 6.15. The predicted octanol–water partition coefficient (Wildman–Crippen LogP) is 4.10. The minimum absolute atomic E-state index is 0.265. The first-order valence-electron chi connectivity index (χ1n) is 8.31. The molecule has 0 heterocycles. The predicted molar refractivity (Wildman–Crippen MR) is 100 cm³/mol. The summed E-state index contributed by atoms with van der Waals surface area (Å²) >= 11 is 5.79. The number of carbonyl (C=O) groups excluding carboxylic acids is 2. The van der Waals surface area contributed by atoms with Crippen molar-refractivity contribution in [2.45, 2.75) is 33.1 Å². The van der Waals surface area contributed by atoms with Gasteiger partial charge in [0.05, 0.1) is 5.92 Å². The van der Waals surface area contributed by atoms with E-state index in [-0.39, 0.29) is 17.7 Å². The Labute approximate surface area is 153 Å². The molecule has 0 aliphatic carbocycles. The topological polar surface area (TPSA) is 58.2 Å². The van der Waals surface area contributed by atoms with E-state index in [2.05, 4.69) is 24.7 Å². The molecule has 25 heavy (non-hydrogen) atoms. The molecule has 2 rings (SSSR count). The molecular formula is C20H23ClN2O2. The van der Waals surface area contributed by atoms with Gasteiger partial charge in [-0.1, -0.05) is 49.7 Å². The fourth-order valence-corrected chi connectivity index (χ4v) is 2.59. The first-order valence-corrected chi connectivity index (χ1v) is 8.69. The van der Waals surface area contributed by atoms with E-state index >= 15 is 0 Å². The molecule has 0 aromatic heterocycles. The van der Waals surface area contributed by atoms with Crippen molar-refractivity contribution >= 4 is 23.4 Å². The van der Waals surface area contributed by atoms with Gasteiger partial charge in [-0.15, -0.1) is 0 Å². The highest BCUT2D eigenvalue weighted by molar-refractivity contribution is 6.30. The van der Waals surface area contributed by atoms with E-state index in [0.717, 1.165) is 12.0 Å². The number of hydrogen-bond acceptors (Lipinski definition) is 2. The summed E-state index contributed by atoms with van der Waals surface area (Å²) in [5.41, 5.74) is 7.48. The van der Waals surface area contributed by atoms with Crippen LogP contribution in [-0.2, 0) is 11.2 Å². The zero-order valence-corrected chi connectivity index (χ0v) is 15.4. The third-order valence-electron chi connectivity index (χ3n) is 3.92. The van der Waals surface area contributed by atoms with Crippen LogP contribution in [0, 0.1) is 5.92 Å². The van der Waals surface area contributed by atoms with Crippen LogP contribution in [0.15, 0.2) is 48.5 Å². The number of nitrogens with one attached hydrogen (secondary N) is 2. The zero-order valence-electron chi connectivity index (χ0n) is 14.7. The van der Waals surface area contributed by atoms with Crippen molar-refractivity contribution < 1.29 is 9.59 Å². The molecule has 5 heteroatoms. The highest BCUT2D eigenvalue weighted by atomic mass is 35.5. The number of amides is 2. The van der Waals surface area contributed by atoms with Gasteiger partial charge in [0.1, 0.15) is 0 Å². The van der Waals surface area contributed by atoms with Crippen molar-refractivity contribution in [3.8, 4) is 0 Å². The molecule has 2 N–H and O–H groups in total. The summed E-state index contributed by atoms with van der Waals surface area (Å²) < 4.78 is 0. The standard InChI is InChI=1S/C20H23ClN2O2/c1-13(2)12-15-4-6-16(7-5-15)14(3)19(24)22-23-20(25)17-8-10-18(21)11-9-17/h4-11,13-14H,12H2,1-3H3,(H,22,24)(H,23,25). The lowest BCUT2D eigenvalue weighted by Crippen LogP contribution is -2.43. The van der Waals surface area contributed by atoms with E-state index in [4.69, 9.17) is 11.6 Å². The molecule has 0 saturated carbocycles. The fraction of sp³-hybridized carbons (Fsp3) is 0.300. The normalized spacial score (nSPS) is 11.9. The van der Waals surface area contributed by atoms with E-state index in [1.54, 1.807) is 31.2 Å². The molecule has 2 amide bonds. The smallest absolute Gasteiger partial charge is 0.269 e. The number of halogens is 1. The Kier molecular flexibility index (Phi) is 6.59. The average Bonchev–Trinajstić information content (AvgIpc) is 2.59. The number of rotatable bonds is 5. The summed E-state index contributed by atoms with van der Waals surface area (Å²) in [7, 11) is 0. The summed E-state index contributed by atoms with van der Waals surface area (Å²) in [5, 5.41) is 0.551.